The lowest BCUT2D eigenvalue weighted by Crippen LogP contribution is -2.59. The molecule has 1 saturated heterocycles. The van der Waals surface area contributed by atoms with Crippen molar-refractivity contribution in [3.63, 3.8) is 0 Å². The number of amides is 3. The maximum atomic E-state index is 13.3. The Balaban J connectivity index is 2.18. The van der Waals surface area contributed by atoms with Crippen LogP contribution in [0.25, 0.3) is 0 Å². The van der Waals surface area contributed by atoms with Gasteiger partial charge in [-0.25, -0.2) is 9.78 Å². The van der Waals surface area contributed by atoms with E-state index in [-0.39, 0.29) is 30.2 Å². The van der Waals surface area contributed by atoms with Gasteiger partial charge in [0.15, 0.2) is 0 Å². The Morgan fingerprint density at radius 2 is 1.71 bits per heavy atom. The van der Waals surface area contributed by atoms with Gasteiger partial charge in [-0.05, 0) is 31.2 Å². The number of carboxylic acid groups (broad SMARTS) is 1. The van der Waals surface area contributed by atoms with Gasteiger partial charge in [-0.1, -0.05) is 40.5 Å². The molecule has 1 aliphatic heterocycles. The number of carboxylic acids is 1. The van der Waals surface area contributed by atoms with Gasteiger partial charge in [-0.2, -0.15) is 0 Å². The standard InChI is InChI=1S/C23H38N6O5/c1-5-13(3)18(22(32)29-19(23(33)34)14(4)6-2)28-21(31)17(10-15-11-24-12-26-15)27-20(30)16-8-7-9-25-16/h11-14,16-19,25H,5-10H2,1-4H3,(H,24,26)(H,27,30)(H,28,31)(H,29,32)(H,33,34). The average molecular weight is 479 g/mol. The number of imidazole rings is 1. The Morgan fingerprint density at radius 1 is 1.06 bits per heavy atom. The van der Waals surface area contributed by atoms with Crippen molar-refractivity contribution < 1.29 is 24.3 Å². The summed E-state index contributed by atoms with van der Waals surface area (Å²) < 4.78 is 0. The van der Waals surface area contributed by atoms with Crippen LogP contribution in [0.3, 0.4) is 0 Å². The Bertz CT molecular complexity index is 824. The van der Waals surface area contributed by atoms with E-state index in [0.717, 1.165) is 13.0 Å². The molecule has 0 bridgehead atoms. The number of nitrogens with zero attached hydrogens (tertiary/aromatic N) is 1. The van der Waals surface area contributed by atoms with Crippen molar-refractivity contribution in [2.24, 2.45) is 11.8 Å². The molecule has 1 aromatic heterocycles. The van der Waals surface area contributed by atoms with E-state index in [1.54, 1.807) is 13.1 Å². The zero-order valence-electron chi connectivity index (χ0n) is 20.4. The lowest BCUT2D eigenvalue weighted by atomic mass is 9.95. The highest BCUT2D eigenvalue weighted by Gasteiger charge is 2.34. The van der Waals surface area contributed by atoms with E-state index in [4.69, 9.17) is 0 Å². The van der Waals surface area contributed by atoms with E-state index in [2.05, 4.69) is 31.2 Å². The van der Waals surface area contributed by atoms with Crippen molar-refractivity contribution in [3.05, 3.63) is 18.2 Å². The van der Waals surface area contributed by atoms with Crippen molar-refractivity contribution >= 4 is 23.7 Å². The summed E-state index contributed by atoms with van der Waals surface area (Å²) in [6.45, 7) is 8.04. The third-order valence-electron chi connectivity index (χ3n) is 6.56. The number of hydrogen-bond donors (Lipinski definition) is 6. The molecule has 34 heavy (non-hydrogen) atoms. The van der Waals surface area contributed by atoms with Gasteiger partial charge in [0.25, 0.3) is 0 Å². The fourth-order valence-electron chi connectivity index (χ4n) is 3.89. The number of aliphatic carboxylic acids is 1. The molecule has 0 saturated carbocycles. The molecule has 6 unspecified atom stereocenters. The normalized spacial score (nSPS) is 19.9. The van der Waals surface area contributed by atoms with Gasteiger partial charge in [0.1, 0.15) is 18.1 Å². The van der Waals surface area contributed by atoms with Gasteiger partial charge in [0, 0.05) is 18.3 Å². The molecule has 0 spiro atoms. The summed E-state index contributed by atoms with van der Waals surface area (Å²) in [5, 5.41) is 20.8. The predicted molar refractivity (Wildman–Crippen MR) is 126 cm³/mol. The smallest absolute Gasteiger partial charge is 0.326 e. The summed E-state index contributed by atoms with van der Waals surface area (Å²) in [4.78, 5) is 57.7. The zero-order valence-corrected chi connectivity index (χ0v) is 20.4. The van der Waals surface area contributed by atoms with Crippen LogP contribution < -0.4 is 21.3 Å². The summed E-state index contributed by atoms with van der Waals surface area (Å²) in [7, 11) is 0. The van der Waals surface area contributed by atoms with E-state index in [1.165, 1.54) is 6.33 Å². The minimum atomic E-state index is -1.12. The van der Waals surface area contributed by atoms with Gasteiger partial charge in [-0.15, -0.1) is 0 Å². The summed E-state index contributed by atoms with van der Waals surface area (Å²) in [6, 6.07) is -3.30. The molecule has 1 aromatic rings. The molecule has 1 fully saturated rings. The molecule has 0 aromatic carbocycles. The van der Waals surface area contributed by atoms with E-state index >= 15 is 0 Å². The first-order chi connectivity index (χ1) is 16.2. The summed E-state index contributed by atoms with van der Waals surface area (Å²) in [5.41, 5.74) is 0.659. The van der Waals surface area contributed by atoms with Crippen molar-refractivity contribution in [3.8, 4) is 0 Å². The molecule has 3 amide bonds. The second-order valence-corrected chi connectivity index (χ2v) is 9.07. The molecule has 2 heterocycles. The SMILES string of the molecule is CCC(C)C(NC(=O)C(NC(=O)C(Cc1cnc[nH]1)NC(=O)C1CCCN1)C(C)CC)C(=O)O. The fraction of sp³-hybridized carbons (Fsp3) is 0.696. The molecular weight excluding hydrogens is 440 g/mol. The Kier molecular flexibility index (Phi) is 10.5. The van der Waals surface area contributed by atoms with E-state index in [1.807, 2.05) is 20.8 Å². The molecule has 190 valence electrons. The number of hydrogen-bond acceptors (Lipinski definition) is 6. The highest BCUT2D eigenvalue weighted by Crippen LogP contribution is 2.13. The molecule has 6 atom stereocenters. The van der Waals surface area contributed by atoms with Crippen LogP contribution in [0.2, 0.25) is 0 Å². The van der Waals surface area contributed by atoms with Gasteiger partial charge >= 0.3 is 5.97 Å². The van der Waals surface area contributed by atoms with Gasteiger partial charge in [0.2, 0.25) is 17.7 Å². The molecule has 11 nitrogen and oxygen atoms in total. The van der Waals surface area contributed by atoms with E-state index < -0.39 is 35.9 Å². The predicted octanol–water partition coefficient (Wildman–Crippen LogP) is 0.335. The van der Waals surface area contributed by atoms with Crippen LogP contribution >= 0.6 is 0 Å². The van der Waals surface area contributed by atoms with Crippen LogP contribution in [0.5, 0.6) is 0 Å². The Morgan fingerprint density at radius 3 is 2.24 bits per heavy atom. The molecular formula is C23H38N6O5. The first kappa shape index (κ1) is 27.3. The third-order valence-corrected chi connectivity index (χ3v) is 6.56. The first-order valence-electron chi connectivity index (χ1n) is 12.0. The Labute approximate surface area is 200 Å². The minimum absolute atomic E-state index is 0.170. The van der Waals surface area contributed by atoms with Gasteiger partial charge in [0.05, 0.1) is 12.4 Å². The third kappa shape index (κ3) is 7.54. The van der Waals surface area contributed by atoms with Crippen LogP contribution in [0, 0.1) is 11.8 Å². The van der Waals surface area contributed by atoms with Crippen molar-refractivity contribution in [2.45, 2.75) is 84.0 Å². The van der Waals surface area contributed by atoms with E-state index in [0.29, 0.717) is 25.0 Å². The summed E-state index contributed by atoms with van der Waals surface area (Å²) >= 11 is 0. The summed E-state index contributed by atoms with van der Waals surface area (Å²) in [5.74, 6) is -3.00. The maximum absolute atomic E-state index is 13.3. The number of carbonyl (C=O) groups excluding carboxylic acids is 3. The number of carbonyl (C=O) groups is 4. The first-order valence-corrected chi connectivity index (χ1v) is 12.0. The quantitative estimate of drug-likeness (QED) is 0.238. The fourth-order valence-corrected chi connectivity index (χ4v) is 3.89. The second kappa shape index (κ2) is 13.1. The lowest BCUT2D eigenvalue weighted by Gasteiger charge is -2.29. The molecule has 0 aliphatic carbocycles. The zero-order chi connectivity index (χ0) is 25.3. The topological polar surface area (TPSA) is 165 Å². The van der Waals surface area contributed by atoms with E-state index in [9.17, 15) is 24.3 Å². The van der Waals surface area contributed by atoms with Gasteiger partial charge in [-0.3, -0.25) is 14.4 Å². The van der Waals surface area contributed by atoms with Crippen molar-refractivity contribution in [1.82, 2.24) is 31.2 Å². The largest absolute Gasteiger partial charge is 0.480 e. The minimum Gasteiger partial charge on any atom is -0.480 e. The number of nitrogens with one attached hydrogen (secondary N) is 5. The van der Waals surface area contributed by atoms with Crippen molar-refractivity contribution in [2.75, 3.05) is 6.54 Å². The molecule has 1 aliphatic rings. The summed E-state index contributed by atoms with van der Waals surface area (Å²) in [6.07, 6.45) is 5.96. The molecule has 11 heteroatoms. The van der Waals surface area contributed by atoms with Gasteiger partial charge < -0.3 is 31.4 Å². The number of H-pyrrole nitrogens is 1. The molecule has 2 rings (SSSR count). The van der Waals surface area contributed by atoms with Crippen LogP contribution in [0.15, 0.2) is 12.5 Å². The highest BCUT2D eigenvalue weighted by molar-refractivity contribution is 5.94. The lowest BCUT2D eigenvalue weighted by molar-refractivity contribution is -0.144. The van der Waals surface area contributed by atoms with Crippen LogP contribution in [0.4, 0.5) is 0 Å². The monoisotopic (exact) mass is 478 g/mol. The van der Waals surface area contributed by atoms with Crippen molar-refractivity contribution in [1.29, 1.82) is 0 Å². The molecule has 6 N–H and O–H groups in total. The highest BCUT2D eigenvalue weighted by atomic mass is 16.4. The maximum Gasteiger partial charge on any atom is 0.326 e. The molecule has 0 radical (unpaired) electrons. The Hall–Kier alpha value is -2.95. The van der Waals surface area contributed by atoms with Crippen LogP contribution in [-0.2, 0) is 25.6 Å². The number of aromatic nitrogens is 2. The number of aromatic amines is 1. The average Bonchev–Trinajstić information content (AvgIpc) is 3.53. The van der Waals surface area contributed by atoms with Crippen LogP contribution in [0.1, 0.15) is 59.1 Å². The second-order valence-electron chi connectivity index (χ2n) is 9.07. The number of rotatable bonds is 13. The van der Waals surface area contributed by atoms with Crippen LogP contribution in [-0.4, -0.2) is 69.5 Å².